The van der Waals surface area contributed by atoms with Crippen LogP contribution in [0.2, 0.25) is 4.34 Å². The molecule has 0 bridgehead atoms. The number of thiophene rings is 1. The minimum Gasteiger partial charge on any atom is -0.353 e. The van der Waals surface area contributed by atoms with Crippen molar-refractivity contribution < 1.29 is 0 Å². The molecule has 3 aromatic rings. The van der Waals surface area contributed by atoms with E-state index in [1.165, 1.54) is 38.2 Å². The molecular weight excluding hydrogens is 312 g/mol. The number of nitrogens with two attached hydrogens (primary N) is 1. The molecule has 2 heterocycles. The molecule has 0 saturated heterocycles. The number of H-pyrrole nitrogens is 1. The summed E-state index contributed by atoms with van der Waals surface area (Å²) in [5.74, 6) is 0. The molecule has 0 atom stereocenters. The number of benzene rings is 1. The van der Waals surface area contributed by atoms with Crippen molar-refractivity contribution in [3.8, 4) is 10.6 Å². The lowest BCUT2D eigenvalue weighted by Crippen LogP contribution is -1.99. The molecule has 3 rings (SSSR count). The Bertz CT molecular complexity index is 801. The van der Waals surface area contributed by atoms with Gasteiger partial charge in [0.1, 0.15) is 0 Å². The number of aromatic amines is 1. The van der Waals surface area contributed by atoms with Gasteiger partial charge in [0, 0.05) is 10.9 Å². The van der Waals surface area contributed by atoms with Crippen LogP contribution in [0.15, 0.2) is 24.3 Å². The molecule has 0 amide bonds. The second-order valence-corrected chi connectivity index (χ2v) is 7.49. The Morgan fingerprint density at radius 1 is 1.09 bits per heavy atom. The predicted octanol–water partition coefficient (Wildman–Crippen LogP) is 5.45. The summed E-state index contributed by atoms with van der Waals surface area (Å²) in [5, 5.41) is 1.37. The number of fused-ring (bicyclic) bond motifs is 1. The number of aromatic nitrogens is 1. The molecule has 22 heavy (non-hydrogen) atoms. The normalized spacial score (nSPS) is 11.5. The maximum absolute atomic E-state index is 6.14. The van der Waals surface area contributed by atoms with Gasteiger partial charge in [0.25, 0.3) is 0 Å². The number of hydrogen-bond donors (Lipinski definition) is 2. The highest BCUT2D eigenvalue weighted by Gasteiger charge is 2.17. The van der Waals surface area contributed by atoms with E-state index in [2.05, 4.69) is 37.0 Å². The highest BCUT2D eigenvalue weighted by molar-refractivity contribution is 7.19. The summed E-state index contributed by atoms with van der Waals surface area (Å²) < 4.78 is 0.829. The fourth-order valence-electron chi connectivity index (χ4n) is 3.04. The van der Waals surface area contributed by atoms with E-state index in [0.29, 0.717) is 0 Å². The van der Waals surface area contributed by atoms with Gasteiger partial charge < -0.3 is 10.7 Å². The van der Waals surface area contributed by atoms with Gasteiger partial charge in [0.05, 0.1) is 14.9 Å². The van der Waals surface area contributed by atoms with Gasteiger partial charge in [-0.05, 0) is 68.5 Å². The van der Waals surface area contributed by atoms with Gasteiger partial charge >= 0.3 is 0 Å². The van der Waals surface area contributed by atoms with E-state index in [0.717, 1.165) is 30.1 Å². The molecule has 3 N–H and O–H groups in total. The van der Waals surface area contributed by atoms with Gasteiger partial charge in [-0.3, -0.25) is 0 Å². The van der Waals surface area contributed by atoms with Crippen molar-refractivity contribution in [2.45, 2.75) is 33.1 Å². The van der Waals surface area contributed by atoms with E-state index in [-0.39, 0.29) is 0 Å². The van der Waals surface area contributed by atoms with Crippen molar-refractivity contribution in [1.29, 1.82) is 0 Å². The Morgan fingerprint density at radius 3 is 2.55 bits per heavy atom. The van der Waals surface area contributed by atoms with Crippen molar-refractivity contribution >= 4 is 33.8 Å². The summed E-state index contributed by atoms with van der Waals surface area (Å²) in [4.78, 5) is 4.86. The fraction of sp³-hybridized carbons (Fsp3) is 0.333. The molecule has 2 nitrogen and oxygen atoms in total. The predicted molar refractivity (Wildman–Crippen MR) is 98.1 cm³/mol. The molecular formula is C18H21ClN2S. The molecule has 0 aliphatic heterocycles. The summed E-state index contributed by atoms with van der Waals surface area (Å²) in [7, 11) is 0. The lowest BCUT2D eigenvalue weighted by Gasteiger charge is -2.05. The van der Waals surface area contributed by atoms with Crippen LogP contribution in [0.4, 0.5) is 0 Å². The Balaban J connectivity index is 2.19. The number of hydrogen-bond acceptors (Lipinski definition) is 2. The minimum atomic E-state index is 0.751. The van der Waals surface area contributed by atoms with Crippen molar-refractivity contribution in [3.05, 3.63) is 45.3 Å². The van der Waals surface area contributed by atoms with Gasteiger partial charge in [-0.15, -0.1) is 11.3 Å². The zero-order chi connectivity index (χ0) is 15.7. The molecule has 0 unspecified atom stereocenters. The average Bonchev–Trinajstić information content (AvgIpc) is 3.08. The van der Waals surface area contributed by atoms with E-state index in [1.54, 1.807) is 11.3 Å². The van der Waals surface area contributed by atoms with Gasteiger partial charge in [-0.2, -0.15) is 0 Å². The first kappa shape index (κ1) is 15.6. The van der Waals surface area contributed by atoms with Crippen LogP contribution in [0.5, 0.6) is 0 Å². The number of rotatable bonds is 5. The standard InChI is InChI=1S/C18H21ClN2S/c1-11-6-7-12(2)17-16(11)13(5-3-4-10-20)18(21-17)14-8-9-15(19)22-14/h6-9,21H,3-5,10,20H2,1-2H3. The third kappa shape index (κ3) is 2.81. The summed E-state index contributed by atoms with van der Waals surface area (Å²) in [6, 6.07) is 8.47. The number of aryl methyl sites for hydroxylation is 3. The zero-order valence-corrected chi connectivity index (χ0v) is 14.6. The highest BCUT2D eigenvalue weighted by atomic mass is 35.5. The average molecular weight is 333 g/mol. The van der Waals surface area contributed by atoms with Crippen LogP contribution in [-0.4, -0.2) is 11.5 Å². The van der Waals surface area contributed by atoms with Crippen molar-refractivity contribution in [2.75, 3.05) is 6.54 Å². The number of halogens is 1. The molecule has 1 aromatic carbocycles. The monoisotopic (exact) mass is 332 g/mol. The van der Waals surface area contributed by atoms with E-state index in [9.17, 15) is 0 Å². The summed E-state index contributed by atoms with van der Waals surface area (Å²) in [6.45, 7) is 5.10. The molecule has 0 fully saturated rings. The van der Waals surface area contributed by atoms with E-state index >= 15 is 0 Å². The van der Waals surface area contributed by atoms with Crippen molar-refractivity contribution in [3.63, 3.8) is 0 Å². The Morgan fingerprint density at radius 2 is 1.86 bits per heavy atom. The van der Waals surface area contributed by atoms with Gasteiger partial charge in [0.15, 0.2) is 0 Å². The van der Waals surface area contributed by atoms with E-state index in [1.807, 2.05) is 6.07 Å². The van der Waals surface area contributed by atoms with Crippen molar-refractivity contribution in [2.24, 2.45) is 5.73 Å². The van der Waals surface area contributed by atoms with Crippen LogP contribution < -0.4 is 5.73 Å². The van der Waals surface area contributed by atoms with Crippen LogP contribution in [0.1, 0.15) is 29.5 Å². The fourth-order valence-corrected chi connectivity index (χ4v) is 4.11. The van der Waals surface area contributed by atoms with E-state index < -0.39 is 0 Å². The zero-order valence-electron chi connectivity index (χ0n) is 13.0. The Labute approximate surface area is 140 Å². The molecule has 0 saturated carbocycles. The second kappa shape index (κ2) is 6.45. The molecule has 2 aromatic heterocycles. The van der Waals surface area contributed by atoms with Gasteiger partial charge in [0.2, 0.25) is 0 Å². The molecule has 0 aliphatic rings. The summed E-state index contributed by atoms with van der Waals surface area (Å²) in [5.41, 5.74) is 12.2. The molecule has 0 spiro atoms. The Hall–Kier alpha value is -1.29. The topological polar surface area (TPSA) is 41.8 Å². The van der Waals surface area contributed by atoms with Crippen LogP contribution in [-0.2, 0) is 6.42 Å². The SMILES string of the molecule is Cc1ccc(C)c2c(CCCCN)c(-c3ccc(Cl)s3)[nH]c12. The maximum atomic E-state index is 6.14. The van der Waals surface area contributed by atoms with E-state index in [4.69, 9.17) is 17.3 Å². The second-order valence-electron chi connectivity index (χ2n) is 5.78. The highest BCUT2D eigenvalue weighted by Crippen LogP contribution is 2.38. The first-order valence-corrected chi connectivity index (χ1v) is 8.87. The number of unbranched alkanes of at least 4 members (excludes halogenated alkanes) is 1. The van der Waals surface area contributed by atoms with Gasteiger partial charge in [-0.1, -0.05) is 23.7 Å². The third-order valence-corrected chi connectivity index (χ3v) is 5.42. The van der Waals surface area contributed by atoms with Crippen LogP contribution >= 0.6 is 22.9 Å². The van der Waals surface area contributed by atoms with Crippen LogP contribution in [0, 0.1) is 13.8 Å². The smallest absolute Gasteiger partial charge is 0.0935 e. The van der Waals surface area contributed by atoms with Crippen molar-refractivity contribution in [1.82, 2.24) is 4.98 Å². The number of nitrogens with one attached hydrogen (secondary N) is 1. The van der Waals surface area contributed by atoms with Crippen LogP contribution in [0.3, 0.4) is 0 Å². The molecule has 0 radical (unpaired) electrons. The first-order chi connectivity index (χ1) is 10.6. The lowest BCUT2D eigenvalue weighted by atomic mass is 9.99. The molecule has 4 heteroatoms. The Kier molecular flexibility index (Phi) is 4.57. The largest absolute Gasteiger partial charge is 0.353 e. The van der Waals surface area contributed by atoms with Crippen LogP contribution in [0.25, 0.3) is 21.5 Å². The molecule has 0 aliphatic carbocycles. The summed E-state index contributed by atoms with van der Waals surface area (Å²) in [6.07, 6.45) is 3.22. The van der Waals surface area contributed by atoms with Gasteiger partial charge in [-0.25, -0.2) is 0 Å². The maximum Gasteiger partial charge on any atom is 0.0935 e. The first-order valence-electron chi connectivity index (χ1n) is 7.68. The quantitative estimate of drug-likeness (QED) is 0.599. The third-order valence-electron chi connectivity index (χ3n) is 4.18. The summed E-state index contributed by atoms with van der Waals surface area (Å²) >= 11 is 7.77. The molecule has 116 valence electrons. The lowest BCUT2D eigenvalue weighted by molar-refractivity contribution is 0.748. The minimum absolute atomic E-state index is 0.751.